The summed E-state index contributed by atoms with van der Waals surface area (Å²) in [6.45, 7) is 9.91. The van der Waals surface area contributed by atoms with Crippen LogP contribution < -0.4 is 15.1 Å². The molecule has 0 aliphatic carbocycles. The summed E-state index contributed by atoms with van der Waals surface area (Å²) in [6, 6.07) is 13.7. The molecule has 0 aliphatic heterocycles. The molecule has 0 unspecified atom stereocenters. The highest BCUT2D eigenvalue weighted by Gasteiger charge is 2.20. The van der Waals surface area contributed by atoms with Crippen LogP contribution in [0.4, 0.5) is 17.1 Å². The van der Waals surface area contributed by atoms with Gasteiger partial charge in [-0.2, -0.15) is 0 Å². The summed E-state index contributed by atoms with van der Waals surface area (Å²) in [4.78, 5) is 28.6. The van der Waals surface area contributed by atoms with Crippen molar-refractivity contribution in [1.82, 2.24) is 0 Å². The van der Waals surface area contributed by atoms with Crippen LogP contribution in [0.25, 0.3) is 0 Å². The minimum atomic E-state index is -0.202. The maximum Gasteiger partial charge on any atom is 0.244 e. The third-order valence-corrected chi connectivity index (χ3v) is 5.00. The number of hydrogen-bond acceptors (Lipinski definition) is 3. The number of hydrogen-bond donors (Lipinski definition) is 1. The standard InChI is InChI=1S/C24H33N3O2/c1-16(2)21-9-8-10-22(17(3)4)24(21)25-23(29)15-27(18(5)28)20-13-11-19(12-14-20)26(6)7/h8-14,16-17H,15H2,1-7H3,(H,25,29). The molecular formula is C24H33N3O2. The molecule has 2 aromatic rings. The van der Waals surface area contributed by atoms with Crippen molar-refractivity contribution in [1.29, 1.82) is 0 Å². The molecule has 0 heterocycles. The Kier molecular flexibility index (Phi) is 7.43. The Morgan fingerprint density at radius 3 is 1.76 bits per heavy atom. The van der Waals surface area contributed by atoms with Gasteiger partial charge in [0.1, 0.15) is 6.54 Å². The van der Waals surface area contributed by atoms with Crippen LogP contribution in [-0.2, 0) is 9.59 Å². The molecule has 5 nitrogen and oxygen atoms in total. The van der Waals surface area contributed by atoms with Gasteiger partial charge >= 0.3 is 0 Å². The summed E-state index contributed by atoms with van der Waals surface area (Å²) in [5.41, 5.74) is 4.83. The minimum Gasteiger partial charge on any atom is -0.378 e. The van der Waals surface area contributed by atoms with E-state index in [2.05, 4.69) is 45.1 Å². The average molecular weight is 396 g/mol. The third-order valence-electron chi connectivity index (χ3n) is 5.00. The summed E-state index contributed by atoms with van der Waals surface area (Å²) >= 11 is 0. The number of anilines is 3. The van der Waals surface area contributed by atoms with Crippen molar-refractivity contribution in [3.63, 3.8) is 0 Å². The van der Waals surface area contributed by atoms with Crippen LogP contribution in [0.2, 0.25) is 0 Å². The topological polar surface area (TPSA) is 52.7 Å². The molecule has 2 rings (SSSR count). The smallest absolute Gasteiger partial charge is 0.244 e. The van der Waals surface area contributed by atoms with Crippen LogP contribution in [0, 0.1) is 0 Å². The highest BCUT2D eigenvalue weighted by Crippen LogP contribution is 2.32. The van der Waals surface area contributed by atoms with Crippen LogP contribution in [0.5, 0.6) is 0 Å². The molecule has 0 bridgehead atoms. The number of para-hydroxylation sites is 1. The van der Waals surface area contributed by atoms with Gasteiger partial charge in [-0.05, 0) is 47.2 Å². The van der Waals surface area contributed by atoms with Crippen LogP contribution in [0.15, 0.2) is 42.5 Å². The molecule has 156 valence electrons. The molecule has 0 saturated heterocycles. The molecular weight excluding hydrogens is 362 g/mol. The Labute approximate surface area is 174 Å². The molecule has 0 aliphatic rings. The lowest BCUT2D eigenvalue weighted by Gasteiger charge is -2.24. The number of carbonyl (C=O) groups excluding carboxylic acids is 2. The molecule has 0 atom stereocenters. The van der Waals surface area contributed by atoms with Crippen molar-refractivity contribution in [2.24, 2.45) is 0 Å². The lowest BCUT2D eigenvalue weighted by atomic mass is 9.92. The highest BCUT2D eigenvalue weighted by molar-refractivity contribution is 6.02. The van der Waals surface area contributed by atoms with Gasteiger partial charge in [0.15, 0.2) is 0 Å². The van der Waals surface area contributed by atoms with Crippen molar-refractivity contribution in [3.8, 4) is 0 Å². The van der Waals surface area contributed by atoms with E-state index < -0.39 is 0 Å². The number of amides is 2. The van der Waals surface area contributed by atoms with E-state index in [1.165, 1.54) is 11.8 Å². The fourth-order valence-electron chi connectivity index (χ4n) is 3.33. The first-order chi connectivity index (χ1) is 13.6. The molecule has 0 spiro atoms. The van der Waals surface area contributed by atoms with E-state index in [1.54, 1.807) is 0 Å². The van der Waals surface area contributed by atoms with Crippen molar-refractivity contribution in [2.75, 3.05) is 35.8 Å². The lowest BCUT2D eigenvalue weighted by molar-refractivity contribution is -0.120. The number of nitrogens with one attached hydrogen (secondary N) is 1. The SMILES string of the molecule is CC(=O)N(CC(=O)Nc1c(C(C)C)cccc1C(C)C)c1ccc(N(C)C)cc1. The Hall–Kier alpha value is -2.82. The van der Waals surface area contributed by atoms with Gasteiger partial charge in [0.05, 0.1) is 0 Å². The maximum atomic E-state index is 12.9. The minimum absolute atomic E-state index is 0.0272. The molecule has 2 aromatic carbocycles. The molecule has 0 aromatic heterocycles. The second kappa shape index (κ2) is 9.59. The van der Waals surface area contributed by atoms with E-state index in [0.29, 0.717) is 5.69 Å². The van der Waals surface area contributed by atoms with Crippen LogP contribution in [-0.4, -0.2) is 32.5 Å². The molecule has 0 radical (unpaired) electrons. The Balaban J connectivity index is 2.27. The number of nitrogens with zero attached hydrogens (tertiary/aromatic N) is 2. The summed E-state index contributed by atoms with van der Waals surface area (Å²) in [7, 11) is 3.92. The Morgan fingerprint density at radius 1 is 0.862 bits per heavy atom. The van der Waals surface area contributed by atoms with E-state index >= 15 is 0 Å². The van der Waals surface area contributed by atoms with E-state index in [0.717, 1.165) is 22.5 Å². The van der Waals surface area contributed by atoms with Gasteiger partial charge in [-0.3, -0.25) is 9.59 Å². The molecule has 29 heavy (non-hydrogen) atoms. The van der Waals surface area contributed by atoms with Gasteiger partial charge in [-0.15, -0.1) is 0 Å². The van der Waals surface area contributed by atoms with Crippen LogP contribution >= 0.6 is 0 Å². The summed E-state index contributed by atoms with van der Waals surface area (Å²) in [6.07, 6.45) is 0. The first kappa shape index (κ1) is 22.5. The Morgan fingerprint density at radius 2 is 1.34 bits per heavy atom. The first-order valence-electron chi connectivity index (χ1n) is 10.1. The van der Waals surface area contributed by atoms with Gasteiger partial charge in [0.25, 0.3) is 0 Å². The summed E-state index contributed by atoms with van der Waals surface area (Å²) in [5.74, 6) is 0.198. The van der Waals surface area contributed by atoms with E-state index in [9.17, 15) is 9.59 Å². The molecule has 2 amide bonds. The van der Waals surface area contributed by atoms with Crippen molar-refractivity contribution < 1.29 is 9.59 Å². The second-order valence-electron chi connectivity index (χ2n) is 8.19. The van der Waals surface area contributed by atoms with Gasteiger partial charge in [0.2, 0.25) is 11.8 Å². The fourth-order valence-corrected chi connectivity index (χ4v) is 3.33. The highest BCUT2D eigenvalue weighted by atomic mass is 16.2. The number of carbonyl (C=O) groups is 2. The normalized spacial score (nSPS) is 10.9. The van der Waals surface area contributed by atoms with E-state index in [4.69, 9.17) is 0 Å². The van der Waals surface area contributed by atoms with Crippen LogP contribution in [0.3, 0.4) is 0 Å². The maximum absolute atomic E-state index is 12.9. The molecule has 5 heteroatoms. The zero-order valence-electron chi connectivity index (χ0n) is 18.6. The van der Waals surface area contributed by atoms with Gasteiger partial charge in [-0.1, -0.05) is 45.9 Å². The zero-order valence-corrected chi connectivity index (χ0v) is 18.6. The van der Waals surface area contributed by atoms with Crippen LogP contribution in [0.1, 0.15) is 57.6 Å². The largest absolute Gasteiger partial charge is 0.378 e. The fraction of sp³-hybridized carbons (Fsp3) is 0.417. The van der Waals surface area contributed by atoms with Gasteiger partial charge in [-0.25, -0.2) is 0 Å². The summed E-state index contributed by atoms with van der Waals surface area (Å²) < 4.78 is 0. The van der Waals surface area contributed by atoms with Crippen molar-refractivity contribution >= 4 is 28.9 Å². The molecule has 0 fully saturated rings. The molecule has 0 saturated carbocycles. The first-order valence-corrected chi connectivity index (χ1v) is 10.1. The lowest BCUT2D eigenvalue weighted by Crippen LogP contribution is -2.37. The van der Waals surface area contributed by atoms with Crippen molar-refractivity contribution in [2.45, 2.75) is 46.5 Å². The summed E-state index contributed by atoms with van der Waals surface area (Å²) in [5, 5.41) is 3.09. The number of rotatable bonds is 7. The van der Waals surface area contributed by atoms with E-state index in [-0.39, 0.29) is 30.2 Å². The van der Waals surface area contributed by atoms with Gasteiger partial charge < -0.3 is 15.1 Å². The average Bonchev–Trinajstić information content (AvgIpc) is 2.65. The predicted molar refractivity (Wildman–Crippen MR) is 122 cm³/mol. The zero-order chi connectivity index (χ0) is 21.7. The quantitative estimate of drug-likeness (QED) is 0.718. The Bertz CT molecular complexity index is 829. The predicted octanol–water partition coefficient (Wildman–Crippen LogP) is 4.99. The molecule has 1 N–H and O–H groups in total. The van der Waals surface area contributed by atoms with Crippen molar-refractivity contribution in [3.05, 3.63) is 53.6 Å². The number of benzene rings is 2. The monoisotopic (exact) mass is 395 g/mol. The third kappa shape index (κ3) is 5.59. The van der Waals surface area contributed by atoms with E-state index in [1.807, 2.05) is 49.3 Å². The second-order valence-corrected chi connectivity index (χ2v) is 8.19. The van der Waals surface area contributed by atoms with Gasteiger partial charge in [0, 0.05) is 38.1 Å².